The highest BCUT2D eigenvalue weighted by molar-refractivity contribution is 5.83. The summed E-state index contributed by atoms with van der Waals surface area (Å²) in [7, 11) is 0. The van der Waals surface area contributed by atoms with Crippen molar-refractivity contribution in [2.75, 3.05) is 0 Å². The summed E-state index contributed by atoms with van der Waals surface area (Å²) in [5, 5.41) is 2.74. The third-order valence-corrected chi connectivity index (χ3v) is 3.79. The standard InChI is InChI=1S/C18H24/c1-3-5-9-15(8-4-2)18-13-12-16-10-6-7-11-17(16)14-18/h6-7,10-15H,3-5,8-9H2,1-2H3. The molecule has 0 aliphatic heterocycles. The van der Waals surface area contributed by atoms with Crippen LogP contribution >= 0.6 is 0 Å². The average Bonchev–Trinajstić information content (AvgIpc) is 2.43. The monoisotopic (exact) mass is 240 g/mol. The van der Waals surface area contributed by atoms with Gasteiger partial charge in [0, 0.05) is 0 Å². The van der Waals surface area contributed by atoms with Crippen LogP contribution in [0.3, 0.4) is 0 Å². The van der Waals surface area contributed by atoms with Crippen LogP contribution in [0.5, 0.6) is 0 Å². The summed E-state index contributed by atoms with van der Waals surface area (Å²) in [4.78, 5) is 0. The summed E-state index contributed by atoms with van der Waals surface area (Å²) in [6, 6.07) is 15.7. The molecule has 0 aromatic heterocycles. The van der Waals surface area contributed by atoms with Crippen molar-refractivity contribution in [1.29, 1.82) is 0 Å². The van der Waals surface area contributed by atoms with Crippen LogP contribution in [-0.4, -0.2) is 0 Å². The lowest BCUT2D eigenvalue weighted by molar-refractivity contribution is 0.541. The molecule has 0 saturated carbocycles. The Morgan fingerprint density at radius 1 is 0.833 bits per heavy atom. The number of benzene rings is 2. The minimum Gasteiger partial charge on any atom is -0.0654 e. The molecule has 0 radical (unpaired) electrons. The van der Waals surface area contributed by atoms with E-state index in [0.717, 1.165) is 5.92 Å². The van der Waals surface area contributed by atoms with Gasteiger partial charge in [-0.25, -0.2) is 0 Å². The normalized spacial score (nSPS) is 12.8. The van der Waals surface area contributed by atoms with E-state index in [1.165, 1.54) is 48.4 Å². The maximum Gasteiger partial charge on any atom is -0.0162 e. The summed E-state index contributed by atoms with van der Waals surface area (Å²) in [5.74, 6) is 0.750. The Balaban J connectivity index is 2.25. The summed E-state index contributed by atoms with van der Waals surface area (Å²) in [5.41, 5.74) is 1.53. The molecule has 0 fully saturated rings. The molecule has 0 bridgehead atoms. The van der Waals surface area contributed by atoms with Gasteiger partial charge in [0.2, 0.25) is 0 Å². The van der Waals surface area contributed by atoms with Crippen LogP contribution in [0.1, 0.15) is 57.4 Å². The van der Waals surface area contributed by atoms with Crippen LogP contribution in [0, 0.1) is 0 Å². The van der Waals surface area contributed by atoms with E-state index in [1.54, 1.807) is 0 Å². The average molecular weight is 240 g/mol. The molecule has 0 nitrogen and oxygen atoms in total. The van der Waals surface area contributed by atoms with Crippen molar-refractivity contribution in [3.63, 3.8) is 0 Å². The van der Waals surface area contributed by atoms with Crippen LogP contribution in [-0.2, 0) is 0 Å². The van der Waals surface area contributed by atoms with Crippen LogP contribution < -0.4 is 0 Å². The highest BCUT2D eigenvalue weighted by Crippen LogP contribution is 2.29. The number of hydrogen-bond acceptors (Lipinski definition) is 0. The zero-order chi connectivity index (χ0) is 12.8. The molecule has 2 aromatic rings. The van der Waals surface area contributed by atoms with Gasteiger partial charge in [0.25, 0.3) is 0 Å². The molecular weight excluding hydrogens is 216 g/mol. The first-order valence-electron chi connectivity index (χ1n) is 7.33. The Morgan fingerprint density at radius 2 is 1.61 bits per heavy atom. The molecule has 2 rings (SSSR count). The lowest BCUT2D eigenvalue weighted by Crippen LogP contribution is -1.98. The fraction of sp³-hybridized carbons (Fsp3) is 0.444. The second-order valence-corrected chi connectivity index (χ2v) is 5.23. The zero-order valence-electron chi connectivity index (χ0n) is 11.7. The van der Waals surface area contributed by atoms with Crippen LogP contribution in [0.25, 0.3) is 10.8 Å². The SMILES string of the molecule is CCCCC(CCC)c1ccc2ccccc2c1. The molecule has 96 valence electrons. The van der Waals surface area contributed by atoms with Crippen molar-refractivity contribution < 1.29 is 0 Å². The van der Waals surface area contributed by atoms with E-state index < -0.39 is 0 Å². The Hall–Kier alpha value is -1.30. The molecular formula is C18H24. The lowest BCUT2D eigenvalue weighted by Gasteiger charge is -2.17. The van der Waals surface area contributed by atoms with Gasteiger partial charge in [0.15, 0.2) is 0 Å². The van der Waals surface area contributed by atoms with Crippen molar-refractivity contribution >= 4 is 10.8 Å². The first-order valence-corrected chi connectivity index (χ1v) is 7.33. The summed E-state index contributed by atoms with van der Waals surface area (Å²) < 4.78 is 0. The quantitative estimate of drug-likeness (QED) is 0.588. The molecule has 1 unspecified atom stereocenters. The summed E-state index contributed by atoms with van der Waals surface area (Å²) in [6.07, 6.45) is 6.58. The maximum atomic E-state index is 2.39. The lowest BCUT2D eigenvalue weighted by atomic mass is 9.88. The summed E-state index contributed by atoms with van der Waals surface area (Å²) in [6.45, 7) is 4.57. The predicted octanol–water partition coefficient (Wildman–Crippen LogP) is 5.91. The molecule has 0 heterocycles. The number of fused-ring (bicyclic) bond motifs is 1. The maximum absolute atomic E-state index is 2.39. The van der Waals surface area contributed by atoms with Crippen molar-refractivity contribution in [2.45, 2.75) is 51.9 Å². The molecule has 0 amide bonds. The van der Waals surface area contributed by atoms with E-state index in [4.69, 9.17) is 0 Å². The van der Waals surface area contributed by atoms with Gasteiger partial charge in [0.1, 0.15) is 0 Å². The fourth-order valence-corrected chi connectivity index (χ4v) is 2.74. The number of hydrogen-bond donors (Lipinski definition) is 0. The second kappa shape index (κ2) is 6.58. The molecule has 0 N–H and O–H groups in total. The minimum atomic E-state index is 0.750. The van der Waals surface area contributed by atoms with E-state index in [1.807, 2.05) is 0 Å². The van der Waals surface area contributed by atoms with Gasteiger partial charge in [0.05, 0.1) is 0 Å². The highest BCUT2D eigenvalue weighted by Gasteiger charge is 2.10. The van der Waals surface area contributed by atoms with Crippen molar-refractivity contribution in [3.05, 3.63) is 48.0 Å². The van der Waals surface area contributed by atoms with Crippen molar-refractivity contribution in [3.8, 4) is 0 Å². The molecule has 0 saturated heterocycles. The van der Waals surface area contributed by atoms with Gasteiger partial charge in [-0.1, -0.05) is 75.6 Å². The van der Waals surface area contributed by atoms with Crippen LogP contribution in [0.15, 0.2) is 42.5 Å². The van der Waals surface area contributed by atoms with E-state index in [0.29, 0.717) is 0 Å². The van der Waals surface area contributed by atoms with Crippen molar-refractivity contribution in [2.24, 2.45) is 0 Å². The fourth-order valence-electron chi connectivity index (χ4n) is 2.74. The third-order valence-electron chi connectivity index (χ3n) is 3.79. The second-order valence-electron chi connectivity index (χ2n) is 5.23. The van der Waals surface area contributed by atoms with E-state index in [2.05, 4.69) is 56.3 Å². The van der Waals surface area contributed by atoms with E-state index >= 15 is 0 Å². The topological polar surface area (TPSA) is 0 Å². The molecule has 0 spiro atoms. The molecule has 1 atom stereocenters. The van der Waals surface area contributed by atoms with Gasteiger partial charge in [-0.05, 0) is 35.1 Å². The summed E-state index contributed by atoms with van der Waals surface area (Å²) >= 11 is 0. The van der Waals surface area contributed by atoms with Gasteiger partial charge < -0.3 is 0 Å². The van der Waals surface area contributed by atoms with Gasteiger partial charge in [-0.15, -0.1) is 0 Å². The highest BCUT2D eigenvalue weighted by atomic mass is 14.1. The Bertz CT molecular complexity index is 484. The number of unbranched alkanes of at least 4 members (excludes halogenated alkanes) is 1. The largest absolute Gasteiger partial charge is 0.0654 e. The number of rotatable bonds is 6. The molecule has 2 aromatic carbocycles. The first kappa shape index (κ1) is 13.1. The third kappa shape index (κ3) is 3.13. The Morgan fingerprint density at radius 3 is 2.33 bits per heavy atom. The van der Waals surface area contributed by atoms with Gasteiger partial charge >= 0.3 is 0 Å². The van der Waals surface area contributed by atoms with E-state index in [9.17, 15) is 0 Å². The van der Waals surface area contributed by atoms with Crippen LogP contribution in [0.2, 0.25) is 0 Å². The first-order chi connectivity index (χ1) is 8.85. The predicted molar refractivity (Wildman–Crippen MR) is 81.1 cm³/mol. The zero-order valence-corrected chi connectivity index (χ0v) is 11.7. The van der Waals surface area contributed by atoms with E-state index in [-0.39, 0.29) is 0 Å². The molecule has 18 heavy (non-hydrogen) atoms. The van der Waals surface area contributed by atoms with Crippen LogP contribution in [0.4, 0.5) is 0 Å². The minimum absolute atomic E-state index is 0.750. The van der Waals surface area contributed by atoms with Gasteiger partial charge in [-0.2, -0.15) is 0 Å². The van der Waals surface area contributed by atoms with Gasteiger partial charge in [-0.3, -0.25) is 0 Å². The van der Waals surface area contributed by atoms with Crippen molar-refractivity contribution in [1.82, 2.24) is 0 Å². The molecule has 0 aliphatic rings. The smallest absolute Gasteiger partial charge is 0.0162 e. The Kier molecular flexibility index (Phi) is 4.81. The Labute approximate surface area is 111 Å². The molecule has 0 aliphatic carbocycles. The molecule has 0 heteroatoms.